The molecule has 1 aromatic heterocycles. The van der Waals surface area contributed by atoms with Gasteiger partial charge in [0, 0.05) is 12.1 Å². The zero-order valence-electron chi connectivity index (χ0n) is 22.1. The molecule has 0 bridgehead atoms. The number of benzene rings is 2. The first kappa shape index (κ1) is 30.2. The summed E-state index contributed by atoms with van der Waals surface area (Å²) in [5, 5.41) is 8.01. The number of carbonyl (C=O) groups is 4. The van der Waals surface area contributed by atoms with E-state index in [1.807, 2.05) is 0 Å². The Bertz CT molecular complexity index is 1450. The van der Waals surface area contributed by atoms with Gasteiger partial charge < -0.3 is 25.8 Å². The van der Waals surface area contributed by atoms with Crippen molar-refractivity contribution in [2.24, 2.45) is 0 Å². The molecule has 0 atom stereocenters. The number of carbonyl (C=O) groups excluding carboxylic acids is 4. The lowest BCUT2D eigenvalue weighted by Crippen LogP contribution is -2.27. The predicted molar refractivity (Wildman–Crippen MR) is 156 cm³/mol. The summed E-state index contributed by atoms with van der Waals surface area (Å²) in [7, 11) is 0. The first-order chi connectivity index (χ1) is 18.9. The Labute approximate surface area is 240 Å². The van der Waals surface area contributed by atoms with Gasteiger partial charge >= 0.3 is 12.1 Å². The van der Waals surface area contributed by atoms with Crippen molar-refractivity contribution in [3.8, 4) is 0 Å². The molecule has 3 amide bonds. The van der Waals surface area contributed by atoms with Crippen LogP contribution >= 0.6 is 22.9 Å². The van der Waals surface area contributed by atoms with Gasteiger partial charge in [0.1, 0.15) is 12.2 Å². The molecule has 2 aromatic carbocycles. The van der Waals surface area contributed by atoms with Crippen LogP contribution in [0.5, 0.6) is 0 Å². The Balaban J connectivity index is 1.91. The fourth-order valence-corrected chi connectivity index (χ4v) is 4.33. The quantitative estimate of drug-likeness (QED) is 0.140. The largest absolute Gasteiger partial charge is 0.456 e. The maximum absolute atomic E-state index is 13.3. The van der Waals surface area contributed by atoms with Crippen LogP contribution < -0.4 is 21.7 Å². The molecule has 0 unspecified atom stereocenters. The first-order valence-electron chi connectivity index (χ1n) is 12.0. The molecule has 0 radical (unpaired) electrons. The van der Waals surface area contributed by atoms with Crippen LogP contribution in [0.15, 0.2) is 61.2 Å². The van der Waals surface area contributed by atoms with E-state index in [1.54, 1.807) is 45.0 Å². The minimum absolute atomic E-state index is 0.00774. The normalized spacial score (nSPS) is 10.8. The number of nitrogen functional groups attached to an aromatic ring is 1. The molecule has 3 aromatic rings. The van der Waals surface area contributed by atoms with E-state index < -0.39 is 23.6 Å². The Morgan fingerprint density at radius 1 is 1.05 bits per heavy atom. The van der Waals surface area contributed by atoms with Gasteiger partial charge in [0.05, 0.1) is 31.8 Å². The molecule has 0 saturated carbocycles. The van der Waals surface area contributed by atoms with Gasteiger partial charge in [0.25, 0.3) is 11.8 Å². The summed E-state index contributed by atoms with van der Waals surface area (Å²) in [6.07, 6.45) is 0.634. The highest BCUT2D eigenvalue weighted by Crippen LogP contribution is 2.27. The number of hydrogen-bond acceptors (Lipinski definition) is 8. The number of halogens is 1. The van der Waals surface area contributed by atoms with Crippen molar-refractivity contribution in [1.82, 2.24) is 5.32 Å². The van der Waals surface area contributed by atoms with Gasteiger partial charge in [-0.3, -0.25) is 14.9 Å². The van der Waals surface area contributed by atoms with Crippen molar-refractivity contribution >= 4 is 63.9 Å². The summed E-state index contributed by atoms with van der Waals surface area (Å²) in [6.45, 7) is 8.63. The molecule has 12 heteroatoms. The van der Waals surface area contributed by atoms with E-state index in [0.717, 1.165) is 11.3 Å². The molecule has 0 aliphatic rings. The van der Waals surface area contributed by atoms with E-state index in [-0.39, 0.29) is 47.2 Å². The number of anilines is 3. The van der Waals surface area contributed by atoms with E-state index in [1.165, 1.54) is 30.3 Å². The molecule has 40 heavy (non-hydrogen) atoms. The Morgan fingerprint density at radius 2 is 1.80 bits per heavy atom. The molecule has 5 N–H and O–H groups in total. The monoisotopic (exact) mass is 584 g/mol. The minimum atomic E-state index is -0.793. The average Bonchev–Trinajstić information content (AvgIpc) is 3.33. The predicted octanol–water partition coefficient (Wildman–Crippen LogP) is 5.86. The number of nitrogens with two attached hydrogens (primary N) is 1. The number of para-hydroxylation sites is 1. The number of nitrogens with one attached hydrogen (secondary N) is 3. The maximum Gasteiger partial charge on any atom is 0.412 e. The molecule has 0 aliphatic heterocycles. The molecular formula is C28H29ClN4O6S. The van der Waals surface area contributed by atoms with Crippen molar-refractivity contribution < 1.29 is 28.7 Å². The topological polar surface area (TPSA) is 149 Å². The third-order valence-electron chi connectivity index (χ3n) is 5.13. The summed E-state index contributed by atoms with van der Waals surface area (Å²) in [6, 6.07) is 12.3. The van der Waals surface area contributed by atoms with Crippen LogP contribution in [0.2, 0.25) is 4.34 Å². The van der Waals surface area contributed by atoms with Gasteiger partial charge in [-0.05, 0) is 62.7 Å². The molecule has 0 spiro atoms. The van der Waals surface area contributed by atoms with Crippen molar-refractivity contribution in [3.63, 3.8) is 0 Å². The smallest absolute Gasteiger partial charge is 0.412 e. The SMILES string of the molecule is C=CCOC(=O)Nc1cc(C(=O)Nc2c(CNC(=O)c3ccc(Cl)s3)cccc2C(=O)OC(C)(C)C)ccc1N. The summed E-state index contributed by atoms with van der Waals surface area (Å²) in [5.41, 5.74) is 6.36. The third kappa shape index (κ3) is 8.32. The second-order valence-electron chi connectivity index (χ2n) is 9.40. The lowest BCUT2D eigenvalue weighted by Gasteiger charge is -2.22. The van der Waals surface area contributed by atoms with Gasteiger partial charge in [0.2, 0.25) is 0 Å². The van der Waals surface area contributed by atoms with E-state index in [9.17, 15) is 19.2 Å². The van der Waals surface area contributed by atoms with Gasteiger partial charge in [-0.1, -0.05) is 36.4 Å². The summed E-state index contributed by atoms with van der Waals surface area (Å²) in [5.74, 6) is -1.63. The fraction of sp³-hybridized carbons (Fsp3) is 0.214. The van der Waals surface area contributed by atoms with Gasteiger partial charge in [0.15, 0.2) is 0 Å². The summed E-state index contributed by atoms with van der Waals surface area (Å²) in [4.78, 5) is 51.4. The highest BCUT2D eigenvalue weighted by molar-refractivity contribution is 7.18. The van der Waals surface area contributed by atoms with E-state index in [4.69, 9.17) is 26.8 Å². The van der Waals surface area contributed by atoms with Crippen molar-refractivity contribution in [1.29, 1.82) is 0 Å². The Hall–Kier alpha value is -4.35. The number of esters is 1. The van der Waals surface area contributed by atoms with Gasteiger partial charge in [-0.15, -0.1) is 11.3 Å². The summed E-state index contributed by atoms with van der Waals surface area (Å²) < 4.78 is 10.9. The molecule has 1 heterocycles. The Kier molecular flexibility index (Phi) is 9.92. The molecule has 0 fully saturated rings. The van der Waals surface area contributed by atoms with Crippen LogP contribution in [0.25, 0.3) is 0 Å². The van der Waals surface area contributed by atoms with E-state index in [2.05, 4.69) is 22.5 Å². The number of amides is 3. The zero-order valence-corrected chi connectivity index (χ0v) is 23.7. The fourth-order valence-electron chi connectivity index (χ4n) is 3.37. The second-order valence-corrected chi connectivity index (χ2v) is 11.1. The number of thiophene rings is 1. The maximum atomic E-state index is 13.3. The van der Waals surface area contributed by atoms with Crippen molar-refractivity contribution in [3.05, 3.63) is 87.1 Å². The minimum Gasteiger partial charge on any atom is -0.456 e. The standard InChI is InChI=1S/C28H29ClN4O6S/c1-5-13-38-27(37)32-20-14-16(9-10-19(20)30)24(34)33-23-17(15-31-25(35)21-11-12-22(29)40-21)7-6-8-18(23)26(36)39-28(2,3)4/h5-12,14H,1,13,15,30H2,2-4H3,(H,31,35)(H,32,37)(H,33,34). The van der Waals surface area contributed by atoms with E-state index >= 15 is 0 Å². The molecule has 210 valence electrons. The first-order valence-corrected chi connectivity index (χ1v) is 13.2. The lowest BCUT2D eigenvalue weighted by molar-refractivity contribution is 0.00705. The second kappa shape index (κ2) is 13.1. The van der Waals surface area contributed by atoms with Crippen LogP contribution in [-0.4, -0.2) is 36.1 Å². The van der Waals surface area contributed by atoms with Crippen LogP contribution in [0.3, 0.4) is 0 Å². The molecule has 0 aliphatic carbocycles. The van der Waals surface area contributed by atoms with E-state index in [0.29, 0.717) is 14.8 Å². The highest BCUT2D eigenvalue weighted by Gasteiger charge is 2.24. The molecular weight excluding hydrogens is 556 g/mol. The van der Waals surface area contributed by atoms with Crippen molar-refractivity contribution in [2.75, 3.05) is 23.0 Å². The number of hydrogen-bond donors (Lipinski definition) is 4. The Morgan fingerprint density at radius 3 is 2.45 bits per heavy atom. The number of ether oxygens (including phenoxy) is 2. The number of rotatable bonds is 9. The highest BCUT2D eigenvalue weighted by atomic mass is 35.5. The van der Waals surface area contributed by atoms with Gasteiger partial charge in [-0.25, -0.2) is 9.59 Å². The third-order valence-corrected chi connectivity index (χ3v) is 6.36. The van der Waals surface area contributed by atoms with Gasteiger partial charge in [-0.2, -0.15) is 0 Å². The molecule has 10 nitrogen and oxygen atoms in total. The molecule has 0 saturated heterocycles. The molecule has 3 rings (SSSR count). The van der Waals surface area contributed by atoms with Crippen LogP contribution in [0.4, 0.5) is 21.9 Å². The lowest BCUT2D eigenvalue weighted by atomic mass is 10.0. The van der Waals surface area contributed by atoms with Crippen molar-refractivity contribution in [2.45, 2.75) is 32.9 Å². The zero-order chi connectivity index (χ0) is 29.4. The summed E-state index contributed by atoms with van der Waals surface area (Å²) >= 11 is 7.06. The average molecular weight is 585 g/mol. The van der Waals surface area contributed by atoms with Crippen LogP contribution in [0, 0.1) is 0 Å². The van der Waals surface area contributed by atoms with Crippen LogP contribution in [-0.2, 0) is 16.0 Å². The van der Waals surface area contributed by atoms with Crippen LogP contribution in [0.1, 0.15) is 56.7 Å².